The highest BCUT2D eigenvalue weighted by Gasteiger charge is 2.38. The zero-order valence-electron chi connectivity index (χ0n) is 12.6. The van der Waals surface area contributed by atoms with Crippen molar-refractivity contribution in [2.24, 2.45) is 0 Å². The highest BCUT2D eigenvalue weighted by atomic mass is 19.4. The van der Waals surface area contributed by atoms with Gasteiger partial charge < -0.3 is 4.90 Å². The van der Waals surface area contributed by atoms with Gasteiger partial charge in [0.1, 0.15) is 0 Å². The summed E-state index contributed by atoms with van der Waals surface area (Å²) in [7, 11) is 1.39. The van der Waals surface area contributed by atoms with Gasteiger partial charge in [-0.1, -0.05) is 19.8 Å². The molecule has 0 fully saturated rings. The number of hydrogen-bond acceptors (Lipinski definition) is 5. The van der Waals surface area contributed by atoms with Crippen molar-refractivity contribution in [3.8, 4) is 0 Å². The molecule has 0 N–H and O–H groups in total. The van der Waals surface area contributed by atoms with Crippen LogP contribution in [0.3, 0.4) is 0 Å². The van der Waals surface area contributed by atoms with Crippen LogP contribution in [-0.2, 0) is 6.18 Å². The SMILES string of the molecule is CCCCCN(C)c1c([N+](=O)[O-])cc(C(F)(F)F)cc1[N+](=O)[O-]. The molecule has 0 unspecified atom stereocenters. The highest BCUT2D eigenvalue weighted by Crippen LogP contribution is 2.42. The molecule has 1 rings (SSSR count). The van der Waals surface area contributed by atoms with Gasteiger partial charge in [0.15, 0.2) is 5.69 Å². The van der Waals surface area contributed by atoms with Crippen molar-refractivity contribution < 1.29 is 23.0 Å². The predicted octanol–water partition coefficient (Wildman–Crippen LogP) is 4.15. The Hall–Kier alpha value is -2.39. The number of hydrogen-bond donors (Lipinski definition) is 0. The van der Waals surface area contributed by atoms with E-state index >= 15 is 0 Å². The van der Waals surface area contributed by atoms with E-state index in [-0.39, 0.29) is 6.54 Å². The van der Waals surface area contributed by atoms with Gasteiger partial charge in [0.05, 0.1) is 15.4 Å². The average Bonchev–Trinajstić information content (AvgIpc) is 2.44. The second-order valence-electron chi connectivity index (χ2n) is 5.00. The van der Waals surface area contributed by atoms with E-state index in [1.807, 2.05) is 6.92 Å². The van der Waals surface area contributed by atoms with Crippen LogP contribution in [0.25, 0.3) is 0 Å². The molecule has 0 spiro atoms. The first-order valence-corrected chi connectivity index (χ1v) is 6.84. The molecule has 0 aliphatic heterocycles. The van der Waals surface area contributed by atoms with Gasteiger partial charge in [-0.3, -0.25) is 20.2 Å². The monoisotopic (exact) mass is 335 g/mol. The molecule has 0 radical (unpaired) electrons. The molecule has 1 aromatic rings. The Morgan fingerprint density at radius 3 is 1.91 bits per heavy atom. The third kappa shape index (κ3) is 4.54. The largest absolute Gasteiger partial charge is 0.416 e. The molecule has 0 saturated heterocycles. The molecular formula is C13H16F3N3O4. The molecule has 128 valence electrons. The van der Waals surface area contributed by atoms with Crippen LogP contribution in [0.4, 0.5) is 30.2 Å². The van der Waals surface area contributed by atoms with Gasteiger partial charge in [-0.05, 0) is 6.42 Å². The molecule has 0 atom stereocenters. The van der Waals surface area contributed by atoms with Gasteiger partial charge in [0.25, 0.3) is 11.4 Å². The number of unbranched alkanes of at least 4 members (excludes halogenated alkanes) is 2. The minimum absolute atomic E-state index is 0.265. The van der Waals surface area contributed by atoms with Gasteiger partial charge >= 0.3 is 6.18 Å². The van der Waals surface area contributed by atoms with Crippen molar-refractivity contribution in [1.29, 1.82) is 0 Å². The van der Waals surface area contributed by atoms with Crippen LogP contribution in [0.2, 0.25) is 0 Å². The molecule has 7 nitrogen and oxygen atoms in total. The van der Waals surface area contributed by atoms with E-state index in [9.17, 15) is 33.4 Å². The number of benzene rings is 1. The van der Waals surface area contributed by atoms with Gasteiger partial charge in [-0.2, -0.15) is 13.2 Å². The number of rotatable bonds is 7. The standard InChI is InChI=1S/C13H16F3N3O4/c1-3-4-5-6-17(2)12-10(18(20)21)7-9(13(14,15)16)8-11(12)19(22)23/h7-8H,3-6H2,1-2H3. The van der Waals surface area contributed by atoms with Crippen LogP contribution in [0, 0.1) is 20.2 Å². The lowest BCUT2D eigenvalue weighted by molar-refractivity contribution is -0.393. The lowest BCUT2D eigenvalue weighted by atomic mass is 10.1. The number of nitro benzene ring substituents is 2. The second-order valence-corrected chi connectivity index (χ2v) is 5.00. The van der Waals surface area contributed by atoms with Crippen molar-refractivity contribution >= 4 is 17.1 Å². The maximum Gasteiger partial charge on any atom is 0.416 e. The van der Waals surface area contributed by atoms with Crippen molar-refractivity contribution in [2.45, 2.75) is 32.4 Å². The Kier molecular flexibility index (Phi) is 5.88. The van der Waals surface area contributed by atoms with Crippen LogP contribution in [0.1, 0.15) is 31.7 Å². The summed E-state index contributed by atoms with van der Waals surface area (Å²) in [6.45, 7) is 2.20. The van der Waals surface area contributed by atoms with E-state index in [1.165, 1.54) is 11.9 Å². The van der Waals surface area contributed by atoms with E-state index in [2.05, 4.69) is 0 Å². The smallest absolute Gasteiger partial charge is 0.363 e. The van der Waals surface area contributed by atoms with Gasteiger partial charge in [-0.15, -0.1) is 0 Å². The Morgan fingerprint density at radius 1 is 1.09 bits per heavy atom. The zero-order valence-corrected chi connectivity index (χ0v) is 12.6. The third-order valence-corrected chi connectivity index (χ3v) is 3.27. The summed E-state index contributed by atoms with van der Waals surface area (Å²) in [5.74, 6) is 0. The molecule has 0 bridgehead atoms. The van der Waals surface area contributed by atoms with Crippen LogP contribution in [0.5, 0.6) is 0 Å². The third-order valence-electron chi connectivity index (χ3n) is 3.27. The van der Waals surface area contributed by atoms with Crippen molar-refractivity contribution in [3.63, 3.8) is 0 Å². The van der Waals surface area contributed by atoms with Crippen LogP contribution in [0.15, 0.2) is 12.1 Å². The fourth-order valence-electron chi connectivity index (χ4n) is 2.15. The lowest BCUT2D eigenvalue weighted by Crippen LogP contribution is -2.21. The Bertz CT molecular complexity index is 570. The van der Waals surface area contributed by atoms with Crippen LogP contribution < -0.4 is 4.90 Å². The fourth-order valence-corrected chi connectivity index (χ4v) is 2.15. The molecular weight excluding hydrogens is 319 g/mol. The quantitative estimate of drug-likeness (QED) is 0.424. The number of anilines is 1. The van der Waals surface area contributed by atoms with E-state index in [1.54, 1.807) is 0 Å². The molecule has 0 saturated carbocycles. The molecule has 0 aliphatic rings. The minimum atomic E-state index is -4.91. The topological polar surface area (TPSA) is 89.5 Å². The lowest BCUT2D eigenvalue weighted by Gasteiger charge is -2.19. The summed E-state index contributed by atoms with van der Waals surface area (Å²) in [5.41, 5.74) is -3.68. The van der Waals surface area contributed by atoms with E-state index in [4.69, 9.17) is 0 Å². The second kappa shape index (κ2) is 7.25. The maximum atomic E-state index is 12.8. The average molecular weight is 335 g/mol. The first kappa shape index (κ1) is 18.7. The molecule has 0 heterocycles. The van der Waals surface area contributed by atoms with E-state index in [0.717, 1.165) is 12.8 Å². The van der Waals surface area contributed by atoms with Gasteiger partial charge in [0, 0.05) is 25.7 Å². The zero-order chi connectivity index (χ0) is 17.8. The first-order chi connectivity index (χ1) is 10.6. The van der Waals surface area contributed by atoms with Gasteiger partial charge in [0.2, 0.25) is 0 Å². The van der Waals surface area contributed by atoms with Crippen LogP contribution >= 0.6 is 0 Å². The predicted molar refractivity (Wildman–Crippen MR) is 77.5 cm³/mol. The Labute approximate surface area is 130 Å². The summed E-state index contributed by atoms with van der Waals surface area (Å²) in [4.78, 5) is 21.4. The molecule has 1 aromatic carbocycles. The van der Waals surface area contributed by atoms with Crippen LogP contribution in [-0.4, -0.2) is 23.4 Å². The summed E-state index contributed by atoms with van der Waals surface area (Å²) < 4.78 is 38.4. The number of halogens is 3. The van der Waals surface area contributed by atoms with E-state index < -0.39 is 38.6 Å². The molecule has 0 aliphatic carbocycles. The normalized spacial score (nSPS) is 11.3. The number of alkyl halides is 3. The highest BCUT2D eigenvalue weighted by molar-refractivity contribution is 5.76. The molecule has 0 aromatic heterocycles. The van der Waals surface area contributed by atoms with Gasteiger partial charge in [-0.25, -0.2) is 0 Å². The summed E-state index contributed by atoms with van der Waals surface area (Å²) >= 11 is 0. The van der Waals surface area contributed by atoms with Crippen molar-refractivity contribution in [2.75, 3.05) is 18.5 Å². The Balaban J connectivity index is 3.46. The van der Waals surface area contributed by atoms with E-state index in [0.29, 0.717) is 18.6 Å². The maximum absolute atomic E-state index is 12.8. The number of nitrogens with zero attached hydrogens (tertiary/aromatic N) is 3. The first-order valence-electron chi connectivity index (χ1n) is 6.84. The van der Waals surface area contributed by atoms with Crippen molar-refractivity contribution in [1.82, 2.24) is 0 Å². The summed E-state index contributed by atoms with van der Waals surface area (Å²) in [6.07, 6.45) is -2.63. The molecule has 23 heavy (non-hydrogen) atoms. The molecule has 0 amide bonds. The Morgan fingerprint density at radius 2 is 1.57 bits per heavy atom. The number of nitro groups is 2. The fraction of sp³-hybridized carbons (Fsp3) is 0.538. The summed E-state index contributed by atoms with van der Waals surface area (Å²) in [5, 5.41) is 22.2. The summed E-state index contributed by atoms with van der Waals surface area (Å²) in [6, 6.07) is 0.664. The minimum Gasteiger partial charge on any atom is -0.363 e. The molecule has 10 heteroatoms. The van der Waals surface area contributed by atoms with Crippen molar-refractivity contribution in [3.05, 3.63) is 37.9 Å².